The standard InChI is InChI=1S/C22H26N4O4S/c1-14-13-25(22(28)21-23-10-11-24-21)20-12-17(6-9-19(20)26(14)15(2)27)16-4-7-18(8-5-16)31(3,29)30/h4-9,12,14,21,23-24H,10-11,13H2,1-3H3. The summed E-state index contributed by atoms with van der Waals surface area (Å²) in [6, 6.07) is 12.1. The minimum absolute atomic E-state index is 0.0804. The number of rotatable bonds is 3. The number of benzene rings is 2. The summed E-state index contributed by atoms with van der Waals surface area (Å²) < 4.78 is 23.5. The van der Waals surface area contributed by atoms with Crippen LogP contribution in [-0.2, 0) is 19.4 Å². The van der Waals surface area contributed by atoms with Crippen LogP contribution < -0.4 is 20.4 Å². The molecule has 0 aromatic heterocycles. The van der Waals surface area contributed by atoms with E-state index >= 15 is 0 Å². The van der Waals surface area contributed by atoms with Crippen LogP contribution in [0, 0.1) is 0 Å². The highest BCUT2D eigenvalue weighted by Gasteiger charge is 2.37. The molecule has 1 fully saturated rings. The van der Waals surface area contributed by atoms with Crippen molar-refractivity contribution in [2.75, 3.05) is 35.7 Å². The molecule has 1 unspecified atom stereocenters. The lowest BCUT2D eigenvalue weighted by molar-refractivity contribution is -0.121. The molecule has 0 bridgehead atoms. The molecule has 8 nitrogen and oxygen atoms in total. The Labute approximate surface area is 182 Å². The molecule has 0 saturated carbocycles. The zero-order valence-corrected chi connectivity index (χ0v) is 18.6. The fourth-order valence-electron chi connectivity index (χ4n) is 4.22. The topological polar surface area (TPSA) is 98.8 Å². The van der Waals surface area contributed by atoms with E-state index in [0.717, 1.165) is 24.2 Å². The molecule has 0 spiro atoms. The van der Waals surface area contributed by atoms with Crippen LogP contribution in [0.3, 0.4) is 0 Å². The molecule has 2 heterocycles. The third-order valence-corrected chi connectivity index (χ3v) is 6.83. The Balaban J connectivity index is 1.77. The molecule has 164 valence electrons. The van der Waals surface area contributed by atoms with Crippen molar-refractivity contribution >= 4 is 33.0 Å². The minimum atomic E-state index is -3.28. The van der Waals surface area contributed by atoms with Crippen LogP contribution >= 0.6 is 0 Å². The molecule has 0 radical (unpaired) electrons. The van der Waals surface area contributed by atoms with Crippen molar-refractivity contribution in [3.8, 4) is 11.1 Å². The fraction of sp³-hybridized carbons (Fsp3) is 0.364. The summed E-state index contributed by atoms with van der Waals surface area (Å²) in [5, 5.41) is 6.32. The second-order valence-corrected chi connectivity index (χ2v) is 10.0. The maximum Gasteiger partial charge on any atom is 0.259 e. The maximum absolute atomic E-state index is 13.2. The van der Waals surface area contributed by atoms with Crippen LogP contribution in [-0.4, -0.2) is 58.3 Å². The Bertz CT molecular complexity index is 1120. The van der Waals surface area contributed by atoms with Gasteiger partial charge >= 0.3 is 0 Å². The number of nitrogens with zero attached hydrogens (tertiary/aromatic N) is 2. The van der Waals surface area contributed by atoms with E-state index in [4.69, 9.17) is 0 Å². The normalized spacial score (nSPS) is 19.4. The van der Waals surface area contributed by atoms with Crippen LogP contribution in [0.2, 0.25) is 0 Å². The number of fused-ring (bicyclic) bond motifs is 1. The average molecular weight is 443 g/mol. The van der Waals surface area contributed by atoms with Crippen molar-refractivity contribution in [2.45, 2.75) is 31.0 Å². The van der Waals surface area contributed by atoms with E-state index in [1.165, 1.54) is 13.2 Å². The smallest absolute Gasteiger partial charge is 0.259 e. The first kappa shape index (κ1) is 21.5. The van der Waals surface area contributed by atoms with Gasteiger partial charge in [0, 0.05) is 32.8 Å². The molecule has 4 rings (SSSR count). The van der Waals surface area contributed by atoms with Crippen molar-refractivity contribution < 1.29 is 18.0 Å². The van der Waals surface area contributed by atoms with Crippen LogP contribution in [0.1, 0.15) is 13.8 Å². The highest BCUT2D eigenvalue weighted by molar-refractivity contribution is 7.90. The molecule has 2 amide bonds. The third kappa shape index (κ3) is 4.08. The van der Waals surface area contributed by atoms with E-state index in [-0.39, 0.29) is 22.8 Å². The summed E-state index contributed by atoms with van der Waals surface area (Å²) in [4.78, 5) is 29.2. The van der Waals surface area contributed by atoms with Gasteiger partial charge in [0.05, 0.1) is 22.3 Å². The summed E-state index contributed by atoms with van der Waals surface area (Å²) >= 11 is 0. The van der Waals surface area contributed by atoms with Gasteiger partial charge < -0.3 is 9.80 Å². The van der Waals surface area contributed by atoms with Gasteiger partial charge in [-0.3, -0.25) is 20.2 Å². The SMILES string of the molecule is CC(=O)N1c2ccc(-c3ccc(S(C)(=O)=O)cc3)cc2N(C(=O)C2NCCN2)CC1C. The van der Waals surface area contributed by atoms with Gasteiger partial charge in [0.2, 0.25) is 5.91 Å². The van der Waals surface area contributed by atoms with E-state index in [0.29, 0.717) is 17.9 Å². The third-order valence-electron chi connectivity index (χ3n) is 5.70. The number of carbonyl (C=O) groups is 2. The quantitative estimate of drug-likeness (QED) is 0.745. The molecule has 2 N–H and O–H groups in total. The second kappa shape index (κ2) is 8.07. The highest BCUT2D eigenvalue weighted by atomic mass is 32.2. The fourth-order valence-corrected chi connectivity index (χ4v) is 4.85. The van der Waals surface area contributed by atoms with Crippen molar-refractivity contribution in [3.63, 3.8) is 0 Å². The van der Waals surface area contributed by atoms with Gasteiger partial charge in [0.1, 0.15) is 6.17 Å². The summed E-state index contributed by atoms with van der Waals surface area (Å²) in [6.07, 6.45) is 0.717. The number of carbonyl (C=O) groups excluding carboxylic acids is 2. The lowest BCUT2D eigenvalue weighted by Crippen LogP contribution is -2.56. The van der Waals surface area contributed by atoms with Gasteiger partial charge in [-0.2, -0.15) is 0 Å². The second-order valence-electron chi connectivity index (χ2n) is 8.03. The first-order chi connectivity index (χ1) is 14.7. The lowest BCUT2D eigenvalue weighted by atomic mass is 10.0. The molecule has 0 aliphatic carbocycles. The Kier molecular flexibility index (Phi) is 5.59. The van der Waals surface area contributed by atoms with E-state index in [9.17, 15) is 18.0 Å². The van der Waals surface area contributed by atoms with Crippen LogP contribution in [0.25, 0.3) is 11.1 Å². The predicted molar refractivity (Wildman–Crippen MR) is 120 cm³/mol. The Morgan fingerprint density at radius 1 is 0.968 bits per heavy atom. The Morgan fingerprint density at radius 2 is 1.58 bits per heavy atom. The zero-order valence-electron chi connectivity index (χ0n) is 17.8. The number of hydrogen-bond donors (Lipinski definition) is 2. The number of amides is 2. The first-order valence-electron chi connectivity index (χ1n) is 10.2. The first-order valence-corrected chi connectivity index (χ1v) is 12.1. The van der Waals surface area contributed by atoms with Crippen molar-refractivity contribution in [1.29, 1.82) is 0 Å². The summed E-state index contributed by atoms with van der Waals surface area (Å²) in [5.74, 6) is -0.165. The molecule has 1 saturated heterocycles. The molecule has 2 aliphatic heterocycles. The maximum atomic E-state index is 13.2. The predicted octanol–water partition coefficient (Wildman–Crippen LogP) is 1.36. The molecule has 31 heavy (non-hydrogen) atoms. The van der Waals surface area contributed by atoms with Crippen LogP contribution in [0.5, 0.6) is 0 Å². The number of nitrogens with one attached hydrogen (secondary N) is 2. The van der Waals surface area contributed by atoms with Gasteiger partial charge in [-0.05, 0) is 42.3 Å². The van der Waals surface area contributed by atoms with Gasteiger partial charge in [-0.15, -0.1) is 0 Å². The summed E-state index contributed by atoms with van der Waals surface area (Å²) in [7, 11) is -3.28. The Morgan fingerprint density at radius 3 is 2.16 bits per heavy atom. The minimum Gasteiger partial charge on any atom is -0.306 e. The van der Waals surface area contributed by atoms with E-state index < -0.39 is 16.0 Å². The number of sulfone groups is 1. The molecule has 2 aromatic rings. The van der Waals surface area contributed by atoms with Gasteiger partial charge in [0.15, 0.2) is 9.84 Å². The lowest BCUT2D eigenvalue weighted by Gasteiger charge is -2.41. The largest absolute Gasteiger partial charge is 0.306 e. The van der Waals surface area contributed by atoms with Gasteiger partial charge in [-0.25, -0.2) is 8.42 Å². The average Bonchev–Trinajstić information content (AvgIpc) is 3.26. The zero-order chi connectivity index (χ0) is 22.3. The van der Waals surface area contributed by atoms with Crippen molar-refractivity contribution in [1.82, 2.24) is 10.6 Å². The Hall–Kier alpha value is -2.75. The number of hydrogen-bond acceptors (Lipinski definition) is 6. The highest BCUT2D eigenvalue weighted by Crippen LogP contribution is 2.39. The summed E-state index contributed by atoms with van der Waals surface area (Å²) in [6.45, 7) is 5.28. The molecule has 1 atom stereocenters. The van der Waals surface area contributed by atoms with Gasteiger partial charge in [0.25, 0.3) is 5.91 Å². The summed E-state index contributed by atoms with van der Waals surface area (Å²) in [5.41, 5.74) is 3.02. The van der Waals surface area contributed by atoms with Crippen molar-refractivity contribution in [2.24, 2.45) is 0 Å². The van der Waals surface area contributed by atoms with Crippen LogP contribution in [0.4, 0.5) is 11.4 Å². The van der Waals surface area contributed by atoms with Crippen LogP contribution in [0.15, 0.2) is 47.4 Å². The number of anilines is 2. The van der Waals surface area contributed by atoms with E-state index in [1.54, 1.807) is 34.1 Å². The molecular weight excluding hydrogens is 416 g/mol. The van der Waals surface area contributed by atoms with E-state index in [2.05, 4.69) is 10.6 Å². The molecule has 2 aromatic carbocycles. The molecule has 9 heteroatoms. The molecular formula is C22H26N4O4S. The van der Waals surface area contributed by atoms with Gasteiger partial charge in [-0.1, -0.05) is 18.2 Å². The van der Waals surface area contributed by atoms with Crippen molar-refractivity contribution in [3.05, 3.63) is 42.5 Å². The monoisotopic (exact) mass is 442 g/mol. The molecule has 2 aliphatic rings. The van der Waals surface area contributed by atoms with E-state index in [1.807, 2.05) is 25.1 Å².